The standard InChI is InChI=1S/C25H28N2O3S/c1-5-24(20-13-9-18(2)10-14-20)26-25(28)21-7-6-8-23(17-21)31(29,30)27(4)22-15-11-19(3)12-16-22/h6-17,24H,5H2,1-4H3,(H,26,28)/t24-/m0/s1. The molecule has 31 heavy (non-hydrogen) atoms. The monoisotopic (exact) mass is 436 g/mol. The van der Waals surface area contributed by atoms with E-state index >= 15 is 0 Å². The third-order valence-electron chi connectivity index (χ3n) is 5.35. The molecule has 0 aliphatic rings. The smallest absolute Gasteiger partial charge is 0.264 e. The van der Waals surface area contributed by atoms with Crippen LogP contribution in [0.4, 0.5) is 5.69 Å². The Hall–Kier alpha value is -3.12. The molecule has 0 heterocycles. The van der Waals surface area contributed by atoms with Gasteiger partial charge in [0.2, 0.25) is 0 Å². The molecule has 0 aliphatic heterocycles. The van der Waals surface area contributed by atoms with Gasteiger partial charge in [0, 0.05) is 12.6 Å². The first-order valence-electron chi connectivity index (χ1n) is 10.3. The largest absolute Gasteiger partial charge is 0.345 e. The van der Waals surface area contributed by atoms with Crippen molar-refractivity contribution in [3.63, 3.8) is 0 Å². The maximum absolute atomic E-state index is 13.1. The fourth-order valence-corrected chi connectivity index (χ4v) is 4.55. The molecule has 0 radical (unpaired) electrons. The van der Waals surface area contributed by atoms with Crippen LogP contribution >= 0.6 is 0 Å². The SMILES string of the molecule is CC[C@H](NC(=O)c1cccc(S(=O)(=O)N(C)c2ccc(C)cc2)c1)c1ccc(C)cc1. The summed E-state index contributed by atoms with van der Waals surface area (Å²) < 4.78 is 27.5. The number of sulfonamides is 1. The van der Waals surface area contributed by atoms with Gasteiger partial charge in [-0.2, -0.15) is 0 Å². The Kier molecular flexibility index (Phi) is 6.81. The van der Waals surface area contributed by atoms with E-state index in [1.807, 2.05) is 57.2 Å². The van der Waals surface area contributed by atoms with Gasteiger partial charge in [0.1, 0.15) is 0 Å². The third-order valence-corrected chi connectivity index (χ3v) is 7.13. The van der Waals surface area contributed by atoms with Crippen LogP contribution in [-0.4, -0.2) is 21.4 Å². The molecule has 0 spiro atoms. The number of hydrogen-bond donors (Lipinski definition) is 1. The summed E-state index contributed by atoms with van der Waals surface area (Å²) in [7, 11) is -2.29. The summed E-state index contributed by atoms with van der Waals surface area (Å²) in [5, 5.41) is 3.02. The minimum atomic E-state index is -3.80. The molecule has 0 bridgehead atoms. The minimum Gasteiger partial charge on any atom is -0.345 e. The predicted molar refractivity (Wildman–Crippen MR) is 125 cm³/mol. The maximum atomic E-state index is 13.1. The molecule has 0 aliphatic carbocycles. The highest BCUT2D eigenvalue weighted by Crippen LogP contribution is 2.24. The number of amides is 1. The van der Waals surface area contributed by atoms with Gasteiger partial charge in [-0.25, -0.2) is 8.42 Å². The second-order valence-corrected chi connectivity index (χ2v) is 9.65. The lowest BCUT2D eigenvalue weighted by molar-refractivity contribution is 0.0935. The average Bonchev–Trinajstić information content (AvgIpc) is 2.78. The van der Waals surface area contributed by atoms with Crippen LogP contribution in [0, 0.1) is 13.8 Å². The first kappa shape index (κ1) is 22.6. The van der Waals surface area contributed by atoms with Crippen molar-refractivity contribution in [2.45, 2.75) is 38.1 Å². The summed E-state index contributed by atoms with van der Waals surface area (Å²) in [5.41, 5.74) is 4.09. The lowest BCUT2D eigenvalue weighted by atomic mass is 10.0. The molecular formula is C25H28N2O3S. The molecule has 3 rings (SSSR count). The van der Waals surface area contributed by atoms with Gasteiger partial charge in [-0.05, 0) is 56.2 Å². The number of anilines is 1. The predicted octanol–water partition coefficient (Wildman–Crippen LogP) is 5.01. The third kappa shape index (κ3) is 5.14. The van der Waals surface area contributed by atoms with Gasteiger partial charge in [-0.15, -0.1) is 0 Å². The van der Waals surface area contributed by atoms with Crippen LogP contribution in [0.25, 0.3) is 0 Å². The lowest BCUT2D eigenvalue weighted by Gasteiger charge is -2.21. The van der Waals surface area contributed by atoms with Crippen LogP contribution in [0.1, 0.15) is 46.4 Å². The molecule has 6 heteroatoms. The van der Waals surface area contributed by atoms with Crippen molar-refractivity contribution in [1.29, 1.82) is 0 Å². The zero-order chi connectivity index (χ0) is 22.6. The Balaban J connectivity index is 1.83. The fourth-order valence-electron chi connectivity index (χ4n) is 3.31. The number of hydrogen-bond acceptors (Lipinski definition) is 3. The average molecular weight is 437 g/mol. The maximum Gasteiger partial charge on any atom is 0.264 e. The molecule has 162 valence electrons. The van der Waals surface area contributed by atoms with Crippen molar-refractivity contribution >= 4 is 21.6 Å². The Morgan fingerprint density at radius 2 is 1.52 bits per heavy atom. The number of rotatable bonds is 7. The van der Waals surface area contributed by atoms with Crippen molar-refractivity contribution in [3.8, 4) is 0 Å². The highest BCUT2D eigenvalue weighted by molar-refractivity contribution is 7.92. The minimum absolute atomic E-state index is 0.0756. The van der Waals surface area contributed by atoms with Gasteiger partial charge in [0.05, 0.1) is 16.6 Å². The van der Waals surface area contributed by atoms with Crippen molar-refractivity contribution in [2.24, 2.45) is 0 Å². The summed E-state index contributed by atoms with van der Waals surface area (Å²) in [6, 6.07) is 21.3. The highest BCUT2D eigenvalue weighted by atomic mass is 32.2. The first-order chi connectivity index (χ1) is 14.7. The van der Waals surface area contributed by atoms with E-state index in [4.69, 9.17) is 0 Å². The van der Waals surface area contributed by atoms with Crippen LogP contribution in [0.2, 0.25) is 0 Å². The number of nitrogens with one attached hydrogen (secondary N) is 1. The van der Waals surface area contributed by atoms with Crippen LogP contribution in [0.5, 0.6) is 0 Å². The van der Waals surface area contributed by atoms with Gasteiger partial charge in [0.15, 0.2) is 0 Å². The molecular weight excluding hydrogens is 408 g/mol. The molecule has 1 amide bonds. The van der Waals surface area contributed by atoms with Gasteiger partial charge in [-0.1, -0.05) is 60.5 Å². The van der Waals surface area contributed by atoms with E-state index < -0.39 is 10.0 Å². The molecule has 0 aromatic heterocycles. The molecule has 0 unspecified atom stereocenters. The van der Waals surface area contributed by atoms with Crippen molar-refractivity contribution in [2.75, 3.05) is 11.4 Å². The second kappa shape index (κ2) is 9.35. The Morgan fingerprint density at radius 1 is 0.935 bits per heavy atom. The van der Waals surface area contributed by atoms with Crippen molar-refractivity contribution < 1.29 is 13.2 Å². The van der Waals surface area contributed by atoms with Gasteiger partial charge in [0.25, 0.3) is 15.9 Å². The van der Waals surface area contributed by atoms with E-state index in [1.165, 1.54) is 23.5 Å². The van der Waals surface area contributed by atoms with Crippen LogP contribution in [0.15, 0.2) is 77.7 Å². The normalized spacial score (nSPS) is 12.3. The van der Waals surface area contributed by atoms with Crippen molar-refractivity contribution in [3.05, 3.63) is 95.1 Å². The molecule has 3 aromatic carbocycles. The molecule has 0 saturated carbocycles. The zero-order valence-corrected chi connectivity index (χ0v) is 19.1. The van der Waals surface area contributed by atoms with Gasteiger partial charge >= 0.3 is 0 Å². The van der Waals surface area contributed by atoms with Gasteiger partial charge < -0.3 is 5.32 Å². The fraction of sp³-hybridized carbons (Fsp3) is 0.240. The van der Waals surface area contributed by atoms with Crippen LogP contribution in [0.3, 0.4) is 0 Å². The summed E-state index contributed by atoms with van der Waals surface area (Å²) in [6.45, 7) is 5.96. The number of aryl methyl sites for hydroxylation is 2. The van der Waals surface area contributed by atoms with E-state index in [0.29, 0.717) is 11.3 Å². The molecule has 3 aromatic rings. The quantitative estimate of drug-likeness (QED) is 0.566. The number of benzene rings is 3. The van der Waals surface area contributed by atoms with E-state index in [0.717, 1.165) is 23.1 Å². The Bertz CT molecular complexity index is 1150. The highest BCUT2D eigenvalue weighted by Gasteiger charge is 2.23. The lowest BCUT2D eigenvalue weighted by Crippen LogP contribution is -2.29. The molecule has 0 fully saturated rings. The van der Waals surface area contributed by atoms with E-state index in [9.17, 15) is 13.2 Å². The number of nitrogens with zero attached hydrogens (tertiary/aromatic N) is 1. The molecule has 1 atom stereocenters. The zero-order valence-electron chi connectivity index (χ0n) is 18.3. The van der Waals surface area contributed by atoms with E-state index in [2.05, 4.69) is 5.32 Å². The van der Waals surface area contributed by atoms with Gasteiger partial charge in [-0.3, -0.25) is 9.10 Å². The summed E-state index contributed by atoms with van der Waals surface area (Å²) in [6.07, 6.45) is 0.725. The topological polar surface area (TPSA) is 66.5 Å². The summed E-state index contributed by atoms with van der Waals surface area (Å²) in [5.74, 6) is -0.303. The van der Waals surface area contributed by atoms with E-state index in [1.54, 1.807) is 24.3 Å². The van der Waals surface area contributed by atoms with E-state index in [-0.39, 0.29) is 16.8 Å². The van der Waals surface area contributed by atoms with Crippen molar-refractivity contribution in [1.82, 2.24) is 5.32 Å². The Labute approximate surface area is 184 Å². The van der Waals surface area contributed by atoms with Crippen LogP contribution < -0.4 is 9.62 Å². The second-order valence-electron chi connectivity index (χ2n) is 7.68. The van der Waals surface area contributed by atoms with Crippen LogP contribution in [-0.2, 0) is 10.0 Å². The Morgan fingerprint density at radius 3 is 2.10 bits per heavy atom. The summed E-state index contributed by atoms with van der Waals surface area (Å²) >= 11 is 0. The molecule has 0 saturated heterocycles. The number of carbonyl (C=O) groups excluding carboxylic acids is 1. The molecule has 5 nitrogen and oxygen atoms in total. The summed E-state index contributed by atoms with van der Waals surface area (Å²) in [4.78, 5) is 13.0. The number of carbonyl (C=O) groups is 1. The first-order valence-corrected chi connectivity index (χ1v) is 11.7. The molecule has 1 N–H and O–H groups in total.